The van der Waals surface area contributed by atoms with Crippen molar-refractivity contribution in [3.63, 3.8) is 0 Å². The maximum Gasteiger partial charge on any atom is 0.142 e. The van der Waals surface area contributed by atoms with Gasteiger partial charge in [-0.1, -0.05) is 168 Å². The Balaban J connectivity index is 1.10. The molecule has 1 atom stereocenters. The minimum absolute atomic E-state index is 0.834. The van der Waals surface area contributed by atoms with Gasteiger partial charge in [-0.3, -0.25) is 0 Å². The molecule has 0 amide bonds. The second-order valence-electron chi connectivity index (χ2n) is 13.2. The fourth-order valence-corrected chi connectivity index (χ4v) is 8.17. The summed E-state index contributed by atoms with van der Waals surface area (Å²) in [4.78, 5) is 2.30. The highest BCUT2D eigenvalue weighted by Crippen LogP contribution is 2.53. The van der Waals surface area contributed by atoms with Crippen LogP contribution in [0, 0.1) is 0 Å². The van der Waals surface area contributed by atoms with Gasteiger partial charge >= 0.3 is 0 Å². The van der Waals surface area contributed by atoms with Crippen molar-refractivity contribution in [2.24, 2.45) is 0 Å². The van der Waals surface area contributed by atoms with E-state index in [9.17, 15) is 5.11 Å². The lowest BCUT2D eigenvalue weighted by molar-refractivity contribution is 0.130. The summed E-state index contributed by atoms with van der Waals surface area (Å²) in [5.41, 5.74) is 13.6. The molecule has 1 aliphatic carbocycles. The van der Waals surface area contributed by atoms with Crippen LogP contribution in [-0.2, 0) is 5.60 Å². The molecule has 1 aliphatic rings. The van der Waals surface area contributed by atoms with Crippen LogP contribution in [0.5, 0.6) is 0 Å². The molecule has 0 radical (unpaired) electrons. The molecule has 3 heteroatoms. The summed E-state index contributed by atoms with van der Waals surface area (Å²) < 4.78 is 0.878. The van der Waals surface area contributed by atoms with Gasteiger partial charge < -0.3 is 10.0 Å². The number of aliphatic hydroxyl groups is 1. The predicted molar refractivity (Wildman–Crippen MR) is 219 cm³/mol. The quantitative estimate of drug-likeness (QED) is 0.176. The molecule has 8 aromatic rings. The number of hydrogen-bond donors (Lipinski definition) is 1. The second-order valence-corrected chi connectivity index (χ2v) is 14.1. The molecule has 0 heterocycles. The number of fused-ring (bicyclic) bond motifs is 3. The van der Waals surface area contributed by atoms with Gasteiger partial charge in [0, 0.05) is 38.2 Å². The molecule has 0 aliphatic heterocycles. The van der Waals surface area contributed by atoms with Crippen molar-refractivity contribution in [1.82, 2.24) is 0 Å². The summed E-state index contributed by atoms with van der Waals surface area (Å²) in [5, 5.41) is 12.6. The average molecular weight is 733 g/mol. The van der Waals surface area contributed by atoms with Gasteiger partial charge in [0.05, 0.1) is 0 Å². The summed E-state index contributed by atoms with van der Waals surface area (Å²) in [6.45, 7) is 0. The van der Waals surface area contributed by atoms with E-state index < -0.39 is 5.60 Å². The van der Waals surface area contributed by atoms with Gasteiger partial charge in [-0.05, 0) is 93.0 Å². The Hall–Kier alpha value is -6.00. The molecule has 248 valence electrons. The van der Waals surface area contributed by atoms with E-state index in [1.165, 1.54) is 22.3 Å². The van der Waals surface area contributed by atoms with E-state index in [4.69, 9.17) is 0 Å². The third-order valence-electron chi connectivity index (χ3n) is 10.2. The largest absolute Gasteiger partial charge is 0.376 e. The van der Waals surface area contributed by atoms with Crippen LogP contribution in [0.2, 0.25) is 0 Å². The molecule has 0 saturated heterocycles. The fraction of sp³-hybridized carbons (Fsp3) is 0.0204. The number of rotatable bonds is 7. The lowest BCUT2D eigenvalue weighted by atomic mass is 9.83. The molecule has 8 aromatic carbocycles. The van der Waals surface area contributed by atoms with Gasteiger partial charge in [0.1, 0.15) is 5.60 Å². The highest BCUT2D eigenvalue weighted by Gasteiger charge is 2.44. The Labute approximate surface area is 313 Å². The standard InChI is InChI=1S/C49H34BrNO/c50-48-18-10-9-17-46(48)49(52)45-16-8-7-15-43(45)44-32-25-39(33-47(44)49)38-23-30-42(31-24-38)51(40-26-19-36(20-27-40)34-11-3-1-4-12-34)41-28-21-37(22-29-41)35-13-5-2-6-14-35/h1-33,52H. The summed E-state index contributed by atoms with van der Waals surface area (Å²) >= 11 is 3.74. The van der Waals surface area contributed by atoms with Crippen molar-refractivity contribution in [2.75, 3.05) is 4.90 Å². The first-order valence-electron chi connectivity index (χ1n) is 17.5. The van der Waals surface area contributed by atoms with Crippen molar-refractivity contribution < 1.29 is 5.11 Å². The maximum absolute atomic E-state index is 12.6. The number of benzene rings is 8. The van der Waals surface area contributed by atoms with Crippen LogP contribution in [0.1, 0.15) is 16.7 Å². The SMILES string of the molecule is OC1(c2ccccc2Br)c2ccccc2-c2ccc(-c3ccc(N(c4ccc(-c5ccccc5)cc4)c4ccc(-c5ccccc5)cc4)cc3)cc21. The fourth-order valence-electron chi connectivity index (χ4n) is 7.60. The third kappa shape index (κ3) is 5.56. The van der Waals surface area contributed by atoms with E-state index in [0.29, 0.717) is 0 Å². The summed E-state index contributed by atoms with van der Waals surface area (Å²) in [7, 11) is 0. The van der Waals surface area contributed by atoms with Crippen LogP contribution >= 0.6 is 15.9 Å². The summed E-state index contributed by atoms with van der Waals surface area (Å²) in [5.74, 6) is 0. The lowest BCUT2D eigenvalue weighted by Crippen LogP contribution is -2.26. The normalized spacial score (nSPS) is 14.4. The maximum atomic E-state index is 12.6. The summed E-state index contributed by atoms with van der Waals surface area (Å²) in [6, 6.07) is 69.9. The molecule has 0 fully saturated rings. The molecule has 52 heavy (non-hydrogen) atoms. The zero-order valence-corrected chi connectivity index (χ0v) is 29.9. The second kappa shape index (κ2) is 13.3. The minimum Gasteiger partial charge on any atom is -0.376 e. The molecule has 1 N–H and O–H groups in total. The number of nitrogens with zero attached hydrogens (tertiary/aromatic N) is 1. The predicted octanol–water partition coefficient (Wildman–Crippen LogP) is 13.2. The van der Waals surface area contributed by atoms with Crippen LogP contribution < -0.4 is 4.90 Å². The van der Waals surface area contributed by atoms with Crippen molar-refractivity contribution in [2.45, 2.75) is 5.60 Å². The van der Waals surface area contributed by atoms with Gasteiger partial charge in [0.2, 0.25) is 0 Å². The summed E-state index contributed by atoms with van der Waals surface area (Å²) in [6.07, 6.45) is 0. The van der Waals surface area contributed by atoms with E-state index in [1.807, 2.05) is 54.6 Å². The number of hydrogen-bond acceptors (Lipinski definition) is 2. The van der Waals surface area contributed by atoms with Crippen LogP contribution in [0.25, 0.3) is 44.5 Å². The molecule has 2 nitrogen and oxygen atoms in total. The van der Waals surface area contributed by atoms with Gasteiger partial charge in [0.25, 0.3) is 0 Å². The van der Waals surface area contributed by atoms with Crippen molar-refractivity contribution in [3.8, 4) is 44.5 Å². The molecular weight excluding hydrogens is 698 g/mol. The molecule has 0 saturated carbocycles. The Kier molecular flexibility index (Phi) is 8.16. The average Bonchev–Trinajstić information content (AvgIpc) is 3.47. The van der Waals surface area contributed by atoms with Crippen LogP contribution in [-0.4, -0.2) is 5.11 Å². The monoisotopic (exact) mass is 731 g/mol. The zero-order valence-electron chi connectivity index (χ0n) is 28.3. The topological polar surface area (TPSA) is 23.5 Å². The lowest BCUT2D eigenvalue weighted by Gasteiger charge is -2.28. The van der Waals surface area contributed by atoms with Crippen LogP contribution in [0.15, 0.2) is 205 Å². The molecule has 0 aromatic heterocycles. The highest BCUT2D eigenvalue weighted by molar-refractivity contribution is 9.10. The van der Waals surface area contributed by atoms with Crippen LogP contribution in [0.3, 0.4) is 0 Å². The van der Waals surface area contributed by atoms with E-state index >= 15 is 0 Å². The van der Waals surface area contributed by atoms with Gasteiger partial charge in [-0.15, -0.1) is 0 Å². The molecule has 9 rings (SSSR count). The van der Waals surface area contributed by atoms with E-state index in [0.717, 1.165) is 60.5 Å². The van der Waals surface area contributed by atoms with Crippen molar-refractivity contribution in [1.29, 1.82) is 0 Å². The van der Waals surface area contributed by atoms with E-state index in [2.05, 4.69) is 166 Å². The first-order chi connectivity index (χ1) is 25.6. The Bertz CT molecular complexity index is 2430. The number of anilines is 3. The number of halogens is 1. The van der Waals surface area contributed by atoms with Crippen LogP contribution in [0.4, 0.5) is 17.1 Å². The van der Waals surface area contributed by atoms with Gasteiger partial charge in [0.15, 0.2) is 0 Å². The first kappa shape index (κ1) is 31.9. The molecule has 1 unspecified atom stereocenters. The Morgan fingerprint density at radius 2 is 0.731 bits per heavy atom. The third-order valence-corrected chi connectivity index (χ3v) is 10.9. The van der Waals surface area contributed by atoms with Crippen molar-refractivity contribution in [3.05, 3.63) is 221 Å². The van der Waals surface area contributed by atoms with E-state index in [-0.39, 0.29) is 0 Å². The highest BCUT2D eigenvalue weighted by atomic mass is 79.9. The van der Waals surface area contributed by atoms with Crippen molar-refractivity contribution >= 4 is 33.0 Å². The van der Waals surface area contributed by atoms with Gasteiger partial charge in [-0.2, -0.15) is 0 Å². The first-order valence-corrected chi connectivity index (χ1v) is 18.3. The van der Waals surface area contributed by atoms with Gasteiger partial charge in [-0.25, -0.2) is 0 Å². The minimum atomic E-state index is -1.28. The Morgan fingerprint density at radius 3 is 1.25 bits per heavy atom. The zero-order chi connectivity index (χ0) is 35.1. The molecule has 0 bridgehead atoms. The molecule has 0 spiro atoms. The smallest absolute Gasteiger partial charge is 0.142 e. The van der Waals surface area contributed by atoms with E-state index in [1.54, 1.807) is 0 Å². The Morgan fingerprint density at radius 1 is 0.346 bits per heavy atom. The molecular formula is C49H34BrNO.